The Labute approximate surface area is 133 Å². The molecule has 0 fully saturated rings. The molecule has 1 aromatic heterocycles. The van der Waals surface area contributed by atoms with E-state index < -0.39 is 5.97 Å². The quantitative estimate of drug-likeness (QED) is 0.747. The summed E-state index contributed by atoms with van der Waals surface area (Å²) in [6.45, 7) is 0. The third kappa shape index (κ3) is 3.01. The molecule has 0 aliphatic heterocycles. The van der Waals surface area contributed by atoms with Crippen LogP contribution in [-0.4, -0.2) is 21.8 Å². The second-order valence-corrected chi connectivity index (χ2v) is 5.01. The van der Waals surface area contributed by atoms with Crippen LogP contribution >= 0.6 is 0 Å². The van der Waals surface area contributed by atoms with Crippen molar-refractivity contribution in [2.45, 2.75) is 0 Å². The molecule has 0 aliphatic carbocycles. The van der Waals surface area contributed by atoms with Crippen molar-refractivity contribution in [3.05, 3.63) is 89.7 Å². The number of carboxylic acids is 1. The molecule has 0 aliphatic rings. The maximum atomic E-state index is 12.7. The first-order valence-electron chi connectivity index (χ1n) is 7.04. The second-order valence-electron chi connectivity index (χ2n) is 5.01. The minimum absolute atomic E-state index is 0.0115. The molecule has 4 heteroatoms. The van der Waals surface area contributed by atoms with Gasteiger partial charge in [-0.05, 0) is 17.7 Å². The van der Waals surface area contributed by atoms with E-state index in [4.69, 9.17) is 0 Å². The zero-order valence-corrected chi connectivity index (χ0v) is 12.1. The Morgan fingerprint density at radius 2 is 1.43 bits per heavy atom. The first-order valence-corrected chi connectivity index (χ1v) is 7.04. The maximum Gasteiger partial charge on any atom is 0.336 e. The molecule has 1 heterocycles. The lowest BCUT2D eigenvalue weighted by Gasteiger charge is -2.07. The Balaban J connectivity index is 2.03. The molecule has 2 aromatic carbocycles. The summed E-state index contributed by atoms with van der Waals surface area (Å²) in [5, 5.41) is 9.23. The van der Waals surface area contributed by atoms with Gasteiger partial charge in [-0.25, -0.2) is 4.79 Å². The topological polar surface area (TPSA) is 67.3 Å². The van der Waals surface area contributed by atoms with E-state index in [2.05, 4.69) is 4.98 Å². The van der Waals surface area contributed by atoms with Crippen LogP contribution in [0.3, 0.4) is 0 Å². The summed E-state index contributed by atoms with van der Waals surface area (Å²) in [7, 11) is 0. The van der Waals surface area contributed by atoms with Crippen molar-refractivity contribution in [1.82, 2.24) is 4.98 Å². The average molecular weight is 303 g/mol. The number of carbonyl (C=O) groups excluding carboxylic acids is 1. The minimum atomic E-state index is -1.12. The Bertz CT molecular complexity index is 873. The summed E-state index contributed by atoms with van der Waals surface area (Å²) >= 11 is 0. The van der Waals surface area contributed by atoms with Gasteiger partial charge in [0.25, 0.3) is 0 Å². The van der Waals surface area contributed by atoms with E-state index in [0.717, 1.165) is 11.1 Å². The highest BCUT2D eigenvalue weighted by molar-refractivity contribution is 6.14. The van der Waals surface area contributed by atoms with Crippen LogP contribution in [-0.2, 0) is 0 Å². The highest BCUT2D eigenvalue weighted by Gasteiger charge is 2.18. The molecule has 0 bridgehead atoms. The maximum absolute atomic E-state index is 12.7. The third-order valence-electron chi connectivity index (χ3n) is 3.51. The van der Waals surface area contributed by atoms with Gasteiger partial charge in [-0.15, -0.1) is 0 Å². The lowest BCUT2D eigenvalue weighted by Crippen LogP contribution is -2.09. The molecular formula is C19H13NO3. The molecule has 0 saturated heterocycles. The molecule has 0 radical (unpaired) electrons. The molecule has 3 rings (SSSR count). The Morgan fingerprint density at radius 3 is 2.13 bits per heavy atom. The summed E-state index contributed by atoms with van der Waals surface area (Å²) < 4.78 is 0. The van der Waals surface area contributed by atoms with Crippen LogP contribution in [0.5, 0.6) is 0 Å². The van der Waals surface area contributed by atoms with Gasteiger partial charge in [0.05, 0.1) is 5.56 Å². The summed E-state index contributed by atoms with van der Waals surface area (Å²) in [5.41, 5.74) is 2.26. The molecule has 4 nitrogen and oxygen atoms in total. The molecule has 0 atom stereocenters. The van der Waals surface area contributed by atoms with Crippen LogP contribution in [0.4, 0.5) is 0 Å². The Morgan fingerprint density at radius 1 is 0.783 bits per heavy atom. The van der Waals surface area contributed by atoms with Gasteiger partial charge in [0.1, 0.15) is 0 Å². The summed E-state index contributed by atoms with van der Waals surface area (Å²) in [5.74, 6) is -1.48. The normalized spacial score (nSPS) is 10.3. The fraction of sp³-hybridized carbons (Fsp3) is 0. The predicted molar refractivity (Wildman–Crippen MR) is 86.5 cm³/mol. The summed E-state index contributed by atoms with van der Waals surface area (Å²) in [6.07, 6.45) is 3.13. The van der Waals surface area contributed by atoms with Gasteiger partial charge in [-0.3, -0.25) is 9.78 Å². The van der Waals surface area contributed by atoms with Crippen molar-refractivity contribution in [1.29, 1.82) is 0 Å². The van der Waals surface area contributed by atoms with Crippen molar-refractivity contribution >= 4 is 11.8 Å². The standard InChI is InChI=1S/C19H13NO3/c21-18(16-8-4-5-9-17(16)19(22)23)15-10-14(11-20-12-15)13-6-2-1-3-7-13/h1-12H,(H,22,23). The SMILES string of the molecule is O=C(O)c1ccccc1C(=O)c1cncc(-c2ccccc2)c1. The highest BCUT2D eigenvalue weighted by atomic mass is 16.4. The molecule has 0 unspecified atom stereocenters. The van der Waals surface area contributed by atoms with Gasteiger partial charge in [0.15, 0.2) is 5.78 Å². The Kier molecular flexibility index (Phi) is 3.97. The van der Waals surface area contributed by atoms with Crippen molar-refractivity contribution in [3.8, 4) is 11.1 Å². The van der Waals surface area contributed by atoms with Crippen LogP contribution in [0.15, 0.2) is 73.1 Å². The van der Waals surface area contributed by atoms with Gasteiger partial charge in [0, 0.05) is 29.1 Å². The molecule has 23 heavy (non-hydrogen) atoms. The molecule has 0 amide bonds. The molecule has 0 saturated carbocycles. The lowest BCUT2D eigenvalue weighted by atomic mass is 9.97. The van der Waals surface area contributed by atoms with E-state index in [1.165, 1.54) is 18.3 Å². The smallest absolute Gasteiger partial charge is 0.336 e. The predicted octanol–water partition coefficient (Wildman–Crippen LogP) is 3.68. The van der Waals surface area contributed by atoms with E-state index in [9.17, 15) is 14.7 Å². The van der Waals surface area contributed by atoms with Crippen molar-refractivity contribution in [2.75, 3.05) is 0 Å². The summed E-state index contributed by atoms with van der Waals surface area (Å²) in [4.78, 5) is 28.0. The number of carboxylic acid groups (broad SMARTS) is 1. The molecule has 112 valence electrons. The molecule has 1 N–H and O–H groups in total. The number of nitrogens with zero attached hydrogens (tertiary/aromatic N) is 1. The van der Waals surface area contributed by atoms with Gasteiger partial charge >= 0.3 is 5.97 Å². The first-order chi connectivity index (χ1) is 11.2. The average Bonchev–Trinajstić information content (AvgIpc) is 2.62. The number of benzene rings is 2. The number of rotatable bonds is 4. The zero-order chi connectivity index (χ0) is 16.2. The van der Waals surface area contributed by atoms with Crippen LogP contribution in [0, 0.1) is 0 Å². The molecule has 3 aromatic rings. The highest BCUT2D eigenvalue weighted by Crippen LogP contribution is 2.21. The van der Waals surface area contributed by atoms with E-state index in [1.807, 2.05) is 30.3 Å². The van der Waals surface area contributed by atoms with Crippen molar-refractivity contribution in [2.24, 2.45) is 0 Å². The van der Waals surface area contributed by atoms with Crippen LogP contribution in [0.25, 0.3) is 11.1 Å². The summed E-state index contributed by atoms with van der Waals surface area (Å²) in [6, 6.07) is 17.5. The number of aromatic carboxylic acids is 1. The van der Waals surface area contributed by atoms with Gasteiger partial charge in [-0.2, -0.15) is 0 Å². The molecule has 0 spiro atoms. The second kappa shape index (κ2) is 6.23. The molecular weight excluding hydrogens is 290 g/mol. The van der Waals surface area contributed by atoms with E-state index >= 15 is 0 Å². The van der Waals surface area contributed by atoms with Crippen molar-refractivity contribution in [3.63, 3.8) is 0 Å². The van der Waals surface area contributed by atoms with Gasteiger partial charge < -0.3 is 5.11 Å². The van der Waals surface area contributed by atoms with E-state index in [-0.39, 0.29) is 16.9 Å². The van der Waals surface area contributed by atoms with Gasteiger partial charge in [-0.1, -0.05) is 48.5 Å². The largest absolute Gasteiger partial charge is 0.478 e. The van der Waals surface area contributed by atoms with Crippen LogP contribution in [0.1, 0.15) is 26.3 Å². The first kappa shape index (κ1) is 14.7. The number of pyridine rings is 1. The van der Waals surface area contributed by atoms with E-state index in [0.29, 0.717) is 5.56 Å². The Hall–Kier alpha value is -3.27. The van der Waals surface area contributed by atoms with E-state index in [1.54, 1.807) is 24.4 Å². The number of aromatic nitrogens is 1. The number of hydrogen-bond donors (Lipinski definition) is 1. The van der Waals surface area contributed by atoms with Gasteiger partial charge in [0.2, 0.25) is 0 Å². The monoisotopic (exact) mass is 303 g/mol. The van der Waals surface area contributed by atoms with Crippen molar-refractivity contribution < 1.29 is 14.7 Å². The number of carbonyl (C=O) groups is 2. The fourth-order valence-electron chi connectivity index (χ4n) is 2.38. The third-order valence-corrected chi connectivity index (χ3v) is 3.51. The number of ketones is 1. The minimum Gasteiger partial charge on any atom is -0.478 e. The fourth-order valence-corrected chi connectivity index (χ4v) is 2.38. The van der Waals surface area contributed by atoms with Crippen LogP contribution < -0.4 is 0 Å². The number of hydrogen-bond acceptors (Lipinski definition) is 3. The zero-order valence-electron chi connectivity index (χ0n) is 12.1. The van der Waals surface area contributed by atoms with Crippen LogP contribution in [0.2, 0.25) is 0 Å². The lowest BCUT2D eigenvalue weighted by molar-refractivity contribution is 0.0693.